The Labute approximate surface area is 149 Å². The van der Waals surface area contributed by atoms with Crippen molar-refractivity contribution < 1.29 is 5.11 Å². The lowest BCUT2D eigenvalue weighted by atomic mass is 9.76. The summed E-state index contributed by atoms with van der Waals surface area (Å²) in [5.74, 6) is 0.934. The first-order valence-corrected chi connectivity index (χ1v) is 9.72. The summed E-state index contributed by atoms with van der Waals surface area (Å²) >= 11 is 12.4. The molecule has 1 aromatic rings. The van der Waals surface area contributed by atoms with Gasteiger partial charge < -0.3 is 5.11 Å². The van der Waals surface area contributed by atoms with Crippen LogP contribution in [0.2, 0.25) is 10.0 Å². The molecule has 2 heterocycles. The van der Waals surface area contributed by atoms with E-state index in [-0.39, 0.29) is 6.10 Å². The zero-order chi connectivity index (χ0) is 16.4. The van der Waals surface area contributed by atoms with Gasteiger partial charge in [-0.1, -0.05) is 49.0 Å². The van der Waals surface area contributed by atoms with Crippen LogP contribution in [0.4, 0.5) is 0 Å². The Kier molecular flexibility index (Phi) is 5.90. The van der Waals surface area contributed by atoms with Crippen LogP contribution >= 0.6 is 23.2 Å². The van der Waals surface area contributed by atoms with Crippen LogP contribution in [-0.2, 0) is 0 Å². The summed E-state index contributed by atoms with van der Waals surface area (Å²) in [7, 11) is 0. The molecule has 128 valence electrons. The largest absolute Gasteiger partial charge is 0.393 e. The molecule has 23 heavy (non-hydrogen) atoms. The fraction of sp³-hybridized carbons (Fsp3) is 0.684. The van der Waals surface area contributed by atoms with Gasteiger partial charge in [0.2, 0.25) is 0 Å². The molecule has 0 saturated carbocycles. The Morgan fingerprint density at radius 2 is 2.04 bits per heavy atom. The number of benzene rings is 1. The lowest BCUT2D eigenvalue weighted by Gasteiger charge is -2.49. The molecular formula is C19H27Cl2NO. The van der Waals surface area contributed by atoms with E-state index >= 15 is 0 Å². The summed E-state index contributed by atoms with van der Waals surface area (Å²) in [4.78, 5) is 2.60. The Morgan fingerprint density at radius 3 is 2.78 bits per heavy atom. The molecule has 1 N–H and O–H groups in total. The first kappa shape index (κ1) is 17.5. The molecule has 2 aliphatic heterocycles. The Morgan fingerprint density at radius 1 is 1.22 bits per heavy atom. The third-order valence-electron chi connectivity index (χ3n) is 5.73. The second-order valence-electron chi connectivity index (χ2n) is 7.16. The van der Waals surface area contributed by atoms with Crippen molar-refractivity contribution >= 4 is 23.2 Å². The van der Waals surface area contributed by atoms with Crippen LogP contribution in [-0.4, -0.2) is 35.2 Å². The van der Waals surface area contributed by atoms with Gasteiger partial charge in [0.25, 0.3) is 0 Å². The highest BCUT2D eigenvalue weighted by Gasteiger charge is 2.40. The molecule has 0 radical (unpaired) electrons. The molecule has 2 aliphatic rings. The third kappa shape index (κ3) is 3.87. The Balaban J connectivity index is 1.71. The van der Waals surface area contributed by atoms with Crippen molar-refractivity contribution in [2.24, 2.45) is 5.92 Å². The molecule has 0 bridgehead atoms. The summed E-state index contributed by atoms with van der Waals surface area (Å²) in [6, 6.07) is 6.43. The number of aliphatic hydroxyl groups is 1. The van der Waals surface area contributed by atoms with E-state index in [1.807, 2.05) is 12.1 Å². The zero-order valence-electron chi connectivity index (χ0n) is 13.8. The minimum absolute atomic E-state index is 0.113. The van der Waals surface area contributed by atoms with Gasteiger partial charge in [-0.25, -0.2) is 0 Å². The van der Waals surface area contributed by atoms with E-state index < -0.39 is 0 Å². The highest BCUT2D eigenvalue weighted by atomic mass is 35.5. The molecular weight excluding hydrogens is 329 g/mol. The van der Waals surface area contributed by atoms with E-state index in [9.17, 15) is 5.11 Å². The normalized spacial score (nSPS) is 31.8. The molecule has 4 atom stereocenters. The number of rotatable bonds is 4. The van der Waals surface area contributed by atoms with Crippen LogP contribution in [0.1, 0.15) is 56.9 Å². The van der Waals surface area contributed by atoms with Crippen molar-refractivity contribution in [3.8, 4) is 0 Å². The van der Waals surface area contributed by atoms with Crippen molar-refractivity contribution in [1.29, 1.82) is 0 Å². The van der Waals surface area contributed by atoms with Crippen LogP contribution < -0.4 is 0 Å². The summed E-state index contributed by atoms with van der Waals surface area (Å²) < 4.78 is 0. The van der Waals surface area contributed by atoms with E-state index in [2.05, 4.69) is 17.9 Å². The van der Waals surface area contributed by atoms with Crippen molar-refractivity contribution in [3.63, 3.8) is 0 Å². The van der Waals surface area contributed by atoms with Gasteiger partial charge in [-0.2, -0.15) is 0 Å². The third-order valence-corrected chi connectivity index (χ3v) is 6.29. The van der Waals surface area contributed by atoms with Crippen LogP contribution in [0.3, 0.4) is 0 Å². The van der Waals surface area contributed by atoms with E-state index in [1.165, 1.54) is 18.4 Å². The molecule has 2 nitrogen and oxygen atoms in total. The number of hydrogen-bond donors (Lipinski definition) is 1. The highest BCUT2D eigenvalue weighted by molar-refractivity contribution is 6.35. The molecule has 0 aliphatic carbocycles. The number of fused-ring (bicyclic) bond motifs is 1. The molecule has 4 unspecified atom stereocenters. The van der Waals surface area contributed by atoms with Crippen molar-refractivity contribution in [2.45, 2.75) is 63.5 Å². The maximum atomic E-state index is 10.4. The first-order valence-electron chi connectivity index (χ1n) is 8.97. The van der Waals surface area contributed by atoms with Crippen LogP contribution in [0.25, 0.3) is 0 Å². The molecule has 0 amide bonds. The lowest BCUT2D eigenvalue weighted by molar-refractivity contribution is -0.0400. The Hall–Kier alpha value is -0.280. The fourth-order valence-corrected chi connectivity index (χ4v) is 5.05. The molecule has 4 heteroatoms. The molecule has 0 aromatic heterocycles. The van der Waals surface area contributed by atoms with E-state index in [0.29, 0.717) is 22.9 Å². The monoisotopic (exact) mass is 355 g/mol. The molecule has 2 fully saturated rings. The number of nitrogens with zero attached hydrogens (tertiary/aromatic N) is 1. The summed E-state index contributed by atoms with van der Waals surface area (Å²) in [5.41, 5.74) is 1.23. The lowest BCUT2D eigenvalue weighted by Crippen LogP contribution is -2.54. The highest BCUT2D eigenvalue weighted by Crippen LogP contribution is 2.40. The predicted octanol–water partition coefficient (Wildman–Crippen LogP) is 5.11. The van der Waals surface area contributed by atoms with Gasteiger partial charge in [0, 0.05) is 35.1 Å². The van der Waals surface area contributed by atoms with Gasteiger partial charge >= 0.3 is 0 Å². The standard InChI is InChI=1S/C19H27Cl2NO/c1-2-3-4-16-18-8-5-13(12-22(18)10-9-19(16)23)15-7-6-14(20)11-17(15)21/h6-7,11,13,16,18-19,23H,2-5,8-10,12H2,1H3. The quantitative estimate of drug-likeness (QED) is 0.810. The molecule has 1 aromatic carbocycles. The topological polar surface area (TPSA) is 23.5 Å². The van der Waals surface area contributed by atoms with Crippen LogP contribution in [0.15, 0.2) is 18.2 Å². The number of unbranched alkanes of at least 4 members (excludes halogenated alkanes) is 1. The van der Waals surface area contributed by atoms with Gasteiger partial charge in [-0.3, -0.25) is 4.90 Å². The van der Waals surface area contributed by atoms with Crippen LogP contribution in [0, 0.1) is 5.92 Å². The first-order chi connectivity index (χ1) is 11.1. The zero-order valence-corrected chi connectivity index (χ0v) is 15.4. The minimum atomic E-state index is -0.113. The number of hydrogen-bond acceptors (Lipinski definition) is 2. The van der Waals surface area contributed by atoms with Gasteiger partial charge in [0.05, 0.1) is 6.10 Å². The molecule has 2 saturated heterocycles. The summed E-state index contributed by atoms with van der Waals surface area (Å²) in [5, 5.41) is 11.9. The van der Waals surface area contributed by atoms with E-state index in [0.717, 1.165) is 43.8 Å². The maximum Gasteiger partial charge on any atom is 0.0595 e. The second kappa shape index (κ2) is 7.74. The molecule has 3 rings (SSSR count). The predicted molar refractivity (Wildman–Crippen MR) is 97.4 cm³/mol. The van der Waals surface area contributed by atoms with Gasteiger partial charge in [-0.05, 0) is 49.3 Å². The summed E-state index contributed by atoms with van der Waals surface area (Å²) in [6.07, 6.45) is 6.69. The maximum absolute atomic E-state index is 10.4. The van der Waals surface area contributed by atoms with Crippen molar-refractivity contribution in [1.82, 2.24) is 4.90 Å². The SMILES string of the molecule is CCCCC1C(O)CCN2CC(c3ccc(Cl)cc3Cl)CCC12. The van der Waals surface area contributed by atoms with Crippen LogP contribution in [0.5, 0.6) is 0 Å². The molecule has 0 spiro atoms. The average Bonchev–Trinajstić information content (AvgIpc) is 2.53. The van der Waals surface area contributed by atoms with E-state index in [4.69, 9.17) is 23.2 Å². The van der Waals surface area contributed by atoms with E-state index in [1.54, 1.807) is 0 Å². The van der Waals surface area contributed by atoms with Gasteiger partial charge in [0.1, 0.15) is 0 Å². The number of aliphatic hydroxyl groups excluding tert-OH is 1. The van der Waals surface area contributed by atoms with Gasteiger partial charge in [-0.15, -0.1) is 0 Å². The Bertz CT molecular complexity index is 536. The number of piperidine rings is 2. The van der Waals surface area contributed by atoms with Gasteiger partial charge in [0.15, 0.2) is 0 Å². The summed E-state index contributed by atoms with van der Waals surface area (Å²) in [6.45, 7) is 4.30. The second-order valence-corrected chi connectivity index (χ2v) is 8.01. The van der Waals surface area contributed by atoms with Crippen molar-refractivity contribution in [3.05, 3.63) is 33.8 Å². The number of halogens is 2. The van der Waals surface area contributed by atoms with Crippen molar-refractivity contribution in [2.75, 3.05) is 13.1 Å². The smallest absolute Gasteiger partial charge is 0.0595 e. The average molecular weight is 356 g/mol. The minimum Gasteiger partial charge on any atom is -0.393 e. The fourth-order valence-electron chi connectivity index (χ4n) is 4.49.